The lowest BCUT2D eigenvalue weighted by Crippen LogP contribution is -2.63. The number of piperazine rings is 1. The number of nitro groups is 1. The van der Waals surface area contributed by atoms with E-state index in [1.165, 1.54) is 52.5 Å². The molecule has 0 radical (unpaired) electrons. The average molecular weight is 661 g/mol. The SMILES string of the molecule is O=C(O)c1ccccc1Oc1ccc([N+](=O)[O-])cc1CN(c1ccccc1)N1CCN(c2ccccc2C(F)(F)F)C(C(F)(F)F)C1. The topological polar surface area (TPSA) is 99.4 Å². The minimum absolute atomic E-state index is 0.00958. The molecule has 1 N–H and O–H groups in total. The fourth-order valence-electron chi connectivity index (χ4n) is 5.39. The quantitative estimate of drug-likeness (QED) is 0.110. The highest BCUT2D eigenvalue weighted by atomic mass is 19.4. The predicted octanol–water partition coefficient (Wildman–Crippen LogP) is 7.78. The van der Waals surface area contributed by atoms with Crippen molar-refractivity contribution in [1.82, 2.24) is 5.01 Å². The third-order valence-corrected chi connectivity index (χ3v) is 7.56. The van der Waals surface area contributed by atoms with Crippen molar-refractivity contribution in [3.8, 4) is 11.5 Å². The third-order valence-electron chi connectivity index (χ3n) is 7.56. The van der Waals surface area contributed by atoms with Crippen molar-refractivity contribution >= 4 is 23.0 Å². The van der Waals surface area contributed by atoms with Crippen LogP contribution in [0, 0.1) is 10.1 Å². The second-order valence-corrected chi connectivity index (χ2v) is 10.5. The number of carboxylic acid groups (broad SMARTS) is 1. The number of nitro benzene ring substituents is 1. The highest BCUT2D eigenvalue weighted by Crippen LogP contribution is 2.41. The Labute approximate surface area is 263 Å². The van der Waals surface area contributed by atoms with Crippen LogP contribution in [0.2, 0.25) is 0 Å². The molecule has 0 aromatic heterocycles. The Morgan fingerprint density at radius 2 is 1.55 bits per heavy atom. The van der Waals surface area contributed by atoms with Crippen LogP contribution in [0.1, 0.15) is 21.5 Å². The number of aromatic carboxylic acids is 1. The van der Waals surface area contributed by atoms with E-state index in [1.54, 1.807) is 30.3 Å². The number of carbonyl (C=O) groups is 1. The molecule has 1 atom stereocenters. The van der Waals surface area contributed by atoms with Gasteiger partial charge in [-0.05, 0) is 42.5 Å². The number of hydrazine groups is 1. The Hall–Kier alpha value is -5.31. The lowest BCUT2D eigenvalue weighted by molar-refractivity contribution is -0.384. The van der Waals surface area contributed by atoms with Gasteiger partial charge in [0, 0.05) is 43.0 Å². The maximum absolute atomic E-state index is 14.6. The summed E-state index contributed by atoms with van der Waals surface area (Å²) in [7, 11) is 0. The number of rotatable bonds is 9. The molecule has 1 fully saturated rings. The van der Waals surface area contributed by atoms with Gasteiger partial charge in [-0.2, -0.15) is 26.3 Å². The van der Waals surface area contributed by atoms with Crippen LogP contribution in [0.3, 0.4) is 0 Å². The van der Waals surface area contributed by atoms with E-state index in [1.807, 2.05) is 0 Å². The predicted molar refractivity (Wildman–Crippen MR) is 159 cm³/mol. The summed E-state index contributed by atoms with van der Waals surface area (Å²) in [6, 6.07) is 19.2. The van der Waals surface area contributed by atoms with Crippen LogP contribution in [0.15, 0.2) is 97.1 Å². The number of hydrogen-bond donors (Lipinski definition) is 1. The molecule has 1 saturated heterocycles. The molecule has 0 bridgehead atoms. The number of halogens is 6. The first-order valence-corrected chi connectivity index (χ1v) is 14.1. The summed E-state index contributed by atoms with van der Waals surface area (Å²) in [5.41, 5.74) is -1.81. The first-order chi connectivity index (χ1) is 22.2. The summed E-state index contributed by atoms with van der Waals surface area (Å²) >= 11 is 0. The molecule has 5 rings (SSSR count). The zero-order valence-corrected chi connectivity index (χ0v) is 24.3. The molecule has 4 aromatic carbocycles. The van der Waals surface area contributed by atoms with Gasteiger partial charge in [-0.1, -0.05) is 42.5 Å². The number of hydrogen-bond acceptors (Lipinski definition) is 7. The Morgan fingerprint density at radius 1 is 0.894 bits per heavy atom. The van der Waals surface area contributed by atoms with Gasteiger partial charge >= 0.3 is 18.3 Å². The maximum Gasteiger partial charge on any atom is 0.418 e. The van der Waals surface area contributed by atoms with Crippen molar-refractivity contribution in [3.63, 3.8) is 0 Å². The largest absolute Gasteiger partial charge is 0.478 e. The molecule has 47 heavy (non-hydrogen) atoms. The number of alkyl halides is 6. The van der Waals surface area contributed by atoms with E-state index in [9.17, 15) is 46.4 Å². The van der Waals surface area contributed by atoms with Gasteiger partial charge in [-0.25, -0.2) is 9.80 Å². The molecule has 0 spiro atoms. The average Bonchev–Trinajstić information content (AvgIpc) is 3.03. The van der Waals surface area contributed by atoms with Crippen LogP contribution >= 0.6 is 0 Å². The van der Waals surface area contributed by atoms with Crippen molar-refractivity contribution < 1.29 is 45.9 Å². The first-order valence-electron chi connectivity index (χ1n) is 14.1. The number of carboxylic acids is 1. The minimum Gasteiger partial charge on any atom is -0.478 e. The molecule has 0 saturated carbocycles. The molecule has 1 unspecified atom stereocenters. The van der Waals surface area contributed by atoms with Gasteiger partial charge in [0.15, 0.2) is 0 Å². The Kier molecular flexibility index (Phi) is 9.28. The summed E-state index contributed by atoms with van der Waals surface area (Å²) in [5.74, 6) is -1.36. The van der Waals surface area contributed by atoms with Gasteiger partial charge in [0.25, 0.3) is 5.69 Å². The molecule has 0 amide bonds. The second-order valence-electron chi connectivity index (χ2n) is 10.5. The summed E-state index contributed by atoms with van der Waals surface area (Å²) in [6.45, 7) is -1.65. The Morgan fingerprint density at radius 3 is 2.21 bits per heavy atom. The Balaban J connectivity index is 1.55. The van der Waals surface area contributed by atoms with Gasteiger partial charge in [0.2, 0.25) is 0 Å². The summed E-state index contributed by atoms with van der Waals surface area (Å²) < 4.78 is 91.2. The zero-order chi connectivity index (χ0) is 33.9. The van der Waals surface area contributed by atoms with E-state index in [4.69, 9.17) is 4.74 Å². The summed E-state index contributed by atoms with van der Waals surface area (Å²) in [4.78, 5) is 23.5. The number of ether oxygens (including phenoxy) is 1. The van der Waals surface area contributed by atoms with Gasteiger partial charge in [0.1, 0.15) is 23.1 Å². The van der Waals surface area contributed by atoms with Crippen molar-refractivity contribution in [1.29, 1.82) is 0 Å². The molecule has 9 nitrogen and oxygen atoms in total. The van der Waals surface area contributed by atoms with Gasteiger partial charge < -0.3 is 19.8 Å². The lowest BCUT2D eigenvalue weighted by atomic mass is 10.1. The van der Waals surface area contributed by atoms with Crippen LogP contribution in [-0.4, -0.2) is 52.9 Å². The Bertz CT molecular complexity index is 1750. The van der Waals surface area contributed by atoms with E-state index in [-0.39, 0.29) is 41.4 Å². The van der Waals surface area contributed by atoms with Crippen LogP contribution in [0.25, 0.3) is 0 Å². The fourth-order valence-corrected chi connectivity index (χ4v) is 5.39. The monoisotopic (exact) mass is 660 g/mol. The van der Waals surface area contributed by atoms with Crippen molar-refractivity contribution in [2.75, 3.05) is 29.5 Å². The molecule has 246 valence electrons. The number of para-hydroxylation sites is 3. The van der Waals surface area contributed by atoms with Crippen LogP contribution < -0.4 is 14.6 Å². The van der Waals surface area contributed by atoms with E-state index in [0.29, 0.717) is 10.6 Å². The number of anilines is 2. The molecule has 4 aromatic rings. The molecule has 1 aliphatic rings. The van der Waals surface area contributed by atoms with E-state index in [2.05, 4.69) is 0 Å². The highest BCUT2D eigenvalue weighted by Gasteiger charge is 2.49. The second kappa shape index (κ2) is 13.2. The number of non-ortho nitro benzene ring substituents is 1. The lowest BCUT2D eigenvalue weighted by Gasteiger charge is -2.48. The standard InChI is InChI=1S/C32H26F6N4O5/c33-31(34,35)25-11-5-6-12-26(25)40-17-16-39(20-29(40)32(36,37)38)41(22-8-2-1-3-9-22)19-21-18-23(42(45)46)14-15-27(21)47-28-13-7-4-10-24(28)30(43)44/h1-15,18,29H,16-17,19-20H2,(H,43,44). The highest BCUT2D eigenvalue weighted by molar-refractivity contribution is 5.91. The number of benzene rings is 4. The van der Waals surface area contributed by atoms with Gasteiger partial charge in [-0.3, -0.25) is 10.1 Å². The summed E-state index contributed by atoms with van der Waals surface area (Å²) in [5, 5.41) is 24.1. The normalized spacial score (nSPS) is 15.7. The summed E-state index contributed by atoms with van der Waals surface area (Å²) in [6.07, 6.45) is -9.84. The third kappa shape index (κ3) is 7.41. The van der Waals surface area contributed by atoms with Crippen LogP contribution in [0.4, 0.5) is 43.4 Å². The van der Waals surface area contributed by atoms with Crippen molar-refractivity contribution in [3.05, 3.63) is 124 Å². The van der Waals surface area contributed by atoms with Crippen LogP contribution in [-0.2, 0) is 12.7 Å². The number of nitrogens with zero attached hydrogens (tertiary/aromatic N) is 4. The molecule has 1 heterocycles. The van der Waals surface area contributed by atoms with Crippen molar-refractivity contribution in [2.45, 2.75) is 24.9 Å². The van der Waals surface area contributed by atoms with Gasteiger partial charge in [0.05, 0.1) is 22.7 Å². The minimum atomic E-state index is -4.94. The van der Waals surface area contributed by atoms with Crippen LogP contribution in [0.5, 0.6) is 11.5 Å². The molecular weight excluding hydrogens is 634 g/mol. The molecule has 15 heteroatoms. The smallest absolute Gasteiger partial charge is 0.418 e. The van der Waals surface area contributed by atoms with E-state index < -0.39 is 53.6 Å². The van der Waals surface area contributed by atoms with E-state index >= 15 is 0 Å². The van der Waals surface area contributed by atoms with Crippen molar-refractivity contribution in [2.24, 2.45) is 0 Å². The fraction of sp³-hybridized carbons (Fsp3) is 0.219. The maximum atomic E-state index is 14.6. The molecule has 1 aliphatic heterocycles. The first kappa shape index (κ1) is 33.1. The zero-order valence-electron chi connectivity index (χ0n) is 24.3. The van der Waals surface area contributed by atoms with E-state index in [0.717, 1.165) is 24.3 Å². The van der Waals surface area contributed by atoms with Gasteiger partial charge in [-0.15, -0.1) is 0 Å². The molecule has 0 aliphatic carbocycles. The molecular formula is C32H26F6N4O5.